The van der Waals surface area contributed by atoms with Crippen molar-refractivity contribution in [1.29, 1.82) is 0 Å². The number of aromatic hydroxyl groups is 1. The zero-order chi connectivity index (χ0) is 18.7. The van der Waals surface area contributed by atoms with Crippen LogP contribution < -0.4 is 16.2 Å². The molecule has 0 bridgehead atoms. The fourth-order valence-corrected chi connectivity index (χ4v) is 2.68. The summed E-state index contributed by atoms with van der Waals surface area (Å²) in [6, 6.07) is 5.26. The van der Waals surface area contributed by atoms with Gasteiger partial charge < -0.3 is 20.5 Å². The summed E-state index contributed by atoms with van der Waals surface area (Å²) in [5, 5.41) is 15.8. The summed E-state index contributed by atoms with van der Waals surface area (Å²) in [5.41, 5.74) is -0.391. The second-order valence-corrected chi connectivity index (χ2v) is 5.92. The molecule has 1 aromatic carbocycles. The Bertz CT molecular complexity index is 860. The van der Waals surface area contributed by atoms with Gasteiger partial charge in [0.05, 0.1) is 19.3 Å². The molecule has 0 saturated carbocycles. The molecule has 2 aromatic rings. The van der Waals surface area contributed by atoms with Crippen molar-refractivity contribution in [2.45, 2.75) is 12.6 Å². The molecule has 0 aliphatic carbocycles. The summed E-state index contributed by atoms with van der Waals surface area (Å²) in [7, 11) is 1.47. The number of nitrogens with zero attached hydrogens (tertiary/aromatic N) is 2. The topological polar surface area (TPSA) is 105 Å². The molecule has 1 saturated heterocycles. The summed E-state index contributed by atoms with van der Waals surface area (Å²) < 4.78 is 19.5. The van der Waals surface area contributed by atoms with Crippen molar-refractivity contribution in [2.24, 2.45) is 7.05 Å². The van der Waals surface area contributed by atoms with E-state index in [1.165, 1.54) is 35.9 Å². The van der Waals surface area contributed by atoms with Gasteiger partial charge in [-0.2, -0.15) is 0 Å². The van der Waals surface area contributed by atoms with Crippen molar-refractivity contribution in [1.82, 2.24) is 20.2 Å². The quantitative estimate of drug-likeness (QED) is 0.718. The fourth-order valence-electron chi connectivity index (χ4n) is 2.68. The number of hydrogen-bond donors (Lipinski definition) is 3. The van der Waals surface area contributed by atoms with Crippen LogP contribution in [0.25, 0.3) is 0 Å². The van der Waals surface area contributed by atoms with Crippen molar-refractivity contribution in [3.8, 4) is 5.75 Å². The zero-order valence-corrected chi connectivity index (χ0v) is 14.2. The lowest BCUT2D eigenvalue weighted by Gasteiger charge is -2.25. The number of aromatic nitrogens is 2. The highest BCUT2D eigenvalue weighted by Crippen LogP contribution is 2.16. The molecular formula is C17H19FN4O4. The van der Waals surface area contributed by atoms with Crippen molar-refractivity contribution >= 4 is 5.91 Å². The molecule has 0 spiro atoms. The molecule has 1 fully saturated rings. The first-order valence-electron chi connectivity index (χ1n) is 8.11. The van der Waals surface area contributed by atoms with E-state index in [2.05, 4.69) is 15.6 Å². The van der Waals surface area contributed by atoms with Gasteiger partial charge in [-0.1, -0.05) is 12.1 Å². The highest BCUT2D eigenvalue weighted by molar-refractivity contribution is 5.94. The third kappa shape index (κ3) is 3.73. The fraction of sp³-hybridized carbons (Fsp3) is 0.353. The van der Waals surface area contributed by atoms with Crippen molar-refractivity contribution in [3.63, 3.8) is 0 Å². The van der Waals surface area contributed by atoms with E-state index in [-0.39, 0.29) is 24.1 Å². The third-order valence-corrected chi connectivity index (χ3v) is 4.12. The SMILES string of the molecule is Cn1c(C2COCCN2)nc(C(=O)NCc2ccc(F)cc2)c(O)c1=O. The van der Waals surface area contributed by atoms with Crippen molar-refractivity contribution in [2.75, 3.05) is 19.8 Å². The molecule has 0 radical (unpaired) electrons. The summed E-state index contributed by atoms with van der Waals surface area (Å²) >= 11 is 0. The van der Waals surface area contributed by atoms with Gasteiger partial charge in [-0.15, -0.1) is 0 Å². The van der Waals surface area contributed by atoms with Crippen molar-refractivity contribution < 1.29 is 19.0 Å². The number of ether oxygens (including phenoxy) is 1. The first kappa shape index (κ1) is 18.0. The standard InChI is InChI=1S/C17H19FN4O4/c1-22-15(12-9-26-7-6-19-12)21-13(14(23)17(22)25)16(24)20-8-10-2-4-11(18)5-3-10/h2-5,12,19,23H,6-9H2,1H3,(H,20,24). The first-order valence-corrected chi connectivity index (χ1v) is 8.11. The van der Waals surface area contributed by atoms with Crippen LogP contribution >= 0.6 is 0 Å². The highest BCUT2D eigenvalue weighted by atomic mass is 19.1. The minimum atomic E-state index is -0.718. The molecule has 3 N–H and O–H groups in total. The van der Waals surface area contributed by atoms with Gasteiger partial charge in [-0.25, -0.2) is 9.37 Å². The number of amides is 1. The highest BCUT2D eigenvalue weighted by Gasteiger charge is 2.25. The smallest absolute Gasteiger partial charge is 0.296 e. The zero-order valence-electron chi connectivity index (χ0n) is 14.2. The van der Waals surface area contributed by atoms with Gasteiger partial charge in [0.2, 0.25) is 5.75 Å². The van der Waals surface area contributed by atoms with Gasteiger partial charge in [-0.3, -0.25) is 14.2 Å². The molecule has 1 unspecified atom stereocenters. The Morgan fingerprint density at radius 1 is 1.46 bits per heavy atom. The number of benzene rings is 1. The molecule has 138 valence electrons. The van der Waals surface area contributed by atoms with E-state index in [1.54, 1.807) is 0 Å². The Hall–Kier alpha value is -2.78. The minimum absolute atomic E-state index is 0.107. The van der Waals surface area contributed by atoms with Crippen LogP contribution in [0.1, 0.15) is 27.9 Å². The van der Waals surface area contributed by atoms with Crippen LogP contribution in [0.15, 0.2) is 29.1 Å². The van der Waals surface area contributed by atoms with E-state index in [4.69, 9.17) is 4.74 Å². The average molecular weight is 362 g/mol. The third-order valence-electron chi connectivity index (χ3n) is 4.12. The average Bonchev–Trinajstić information content (AvgIpc) is 2.66. The van der Waals surface area contributed by atoms with Crippen LogP contribution in [-0.2, 0) is 18.3 Å². The molecule has 9 heteroatoms. The largest absolute Gasteiger partial charge is 0.501 e. The maximum Gasteiger partial charge on any atom is 0.296 e. The van der Waals surface area contributed by atoms with Gasteiger partial charge in [0, 0.05) is 20.1 Å². The Balaban J connectivity index is 1.83. The number of rotatable bonds is 4. The molecule has 1 amide bonds. The van der Waals surface area contributed by atoms with Crippen LogP contribution in [0.5, 0.6) is 5.75 Å². The summed E-state index contributed by atoms with van der Waals surface area (Å²) in [5.74, 6) is -1.48. The molecule has 1 atom stereocenters. The van der Waals surface area contributed by atoms with Gasteiger partial charge in [-0.05, 0) is 17.7 Å². The maximum absolute atomic E-state index is 12.9. The van der Waals surface area contributed by atoms with E-state index in [0.29, 0.717) is 31.1 Å². The van der Waals surface area contributed by atoms with Gasteiger partial charge in [0.15, 0.2) is 5.69 Å². The van der Waals surface area contributed by atoms with Crippen LogP contribution in [0.2, 0.25) is 0 Å². The molecule has 2 heterocycles. The van der Waals surface area contributed by atoms with Crippen molar-refractivity contribution in [3.05, 3.63) is 57.5 Å². The van der Waals surface area contributed by atoms with Crippen LogP contribution in [0, 0.1) is 5.82 Å². The summed E-state index contributed by atoms with van der Waals surface area (Å²) in [4.78, 5) is 28.8. The van der Waals surface area contributed by atoms with Gasteiger partial charge >= 0.3 is 0 Å². The lowest BCUT2D eigenvalue weighted by molar-refractivity contribution is 0.0724. The molecule has 1 aliphatic rings. The molecule has 8 nitrogen and oxygen atoms in total. The maximum atomic E-state index is 12.9. The number of hydrogen-bond acceptors (Lipinski definition) is 6. The van der Waals surface area contributed by atoms with E-state index < -0.39 is 17.2 Å². The minimum Gasteiger partial charge on any atom is -0.501 e. The monoisotopic (exact) mass is 362 g/mol. The lowest BCUT2D eigenvalue weighted by atomic mass is 10.2. The molecule has 1 aliphatic heterocycles. The molecule has 3 rings (SSSR count). The van der Waals surface area contributed by atoms with Crippen LogP contribution in [0.4, 0.5) is 4.39 Å². The van der Waals surface area contributed by atoms with E-state index in [0.717, 1.165) is 0 Å². The van der Waals surface area contributed by atoms with Crippen LogP contribution in [0.3, 0.4) is 0 Å². The van der Waals surface area contributed by atoms with Gasteiger partial charge in [0.1, 0.15) is 11.6 Å². The normalized spacial score (nSPS) is 17.1. The van der Waals surface area contributed by atoms with E-state index in [9.17, 15) is 19.1 Å². The van der Waals surface area contributed by atoms with Crippen LogP contribution in [-0.4, -0.2) is 40.3 Å². The Kier molecular flexibility index (Phi) is 5.29. The first-order chi connectivity index (χ1) is 12.5. The Labute approximate surface area is 148 Å². The van der Waals surface area contributed by atoms with Gasteiger partial charge in [0.25, 0.3) is 11.5 Å². The molecular weight excluding hydrogens is 343 g/mol. The second-order valence-electron chi connectivity index (χ2n) is 5.92. The van der Waals surface area contributed by atoms with E-state index >= 15 is 0 Å². The number of carbonyl (C=O) groups excluding carboxylic acids is 1. The predicted octanol–water partition coefficient (Wildman–Crippen LogP) is 0.216. The predicted molar refractivity (Wildman–Crippen MR) is 90.3 cm³/mol. The number of nitrogens with one attached hydrogen (secondary N) is 2. The lowest BCUT2D eigenvalue weighted by Crippen LogP contribution is -2.39. The number of carbonyl (C=O) groups is 1. The van der Waals surface area contributed by atoms with E-state index in [1.807, 2.05) is 0 Å². The molecule has 26 heavy (non-hydrogen) atoms. The second kappa shape index (κ2) is 7.63. The molecule has 1 aromatic heterocycles. The number of halogens is 1. The Morgan fingerprint density at radius 3 is 2.85 bits per heavy atom. The Morgan fingerprint density at radius 2 is 2.19 bits per heavy atom. The summed E-state index contributed by atoms with van der Waals surface area (Å²) in [6.07, 6.45) is 0. The number of morpholine rings is 1. The summed E-state index contributed by atoms with van der Waals surface area (Å²) in [6.45, 7) is 1.55.